The molecule has 2 N–H and O–H groups in total. The molecule has 3 nitrogen and oxygen atoms in total. The summed E-state index contributed by atoms with van der Waals surface area (Å²) in [5, 5.41) is 21.1. The zero-order valence-electron chi connectivity index (χ0n) is 6.44. The summed E-state index contributed by atoms with van der Waals surface area (Å²) in [6, 6.07) is 7.55. The molecule has 0 spiro atoms. The van der Waals surface area contributed by atoms with Crippen LogP contribution in [-0.2, 0) is 6.42 Å². The summed E-state index contributed by atoms with van der Waals surface area (Å²) >= 11 is 0. The first kappa shape index (κ1) is 7.31. The minimum Gasteiger partial charge on any atom is -0.411 e. The van der Waals surface area contributed by atoms with Gasteiger partial charge < -0.3 is 10.3 Å². The van der Waals surface area contributed by atoms with Crippen LogP contribution in [0.15, 0.2) is 29.4 Å². The molecule has 0 bridgehead atoms. The van der Waals surface area contributed by atoms with Crippen molar-refractivity contribution in [2.45, 2.75) is 12.5 Å². The fraction of sp³-hybridized carbons (Fsp3) is 0.222. The minimum absolute atomic E-state index is 0.380. The number of hydrogen-bond acceptors (Lipinski definition) is 3. The Labute approximate surface area is 70.0 Å². The van der Waals surface area contributed by atoms with Gasteiger partial charge in [0.25, 0.3) is 0 Å². The molecule has 2 rings (SSSR count). The Bertz CT molecular complexity index is 333. The van der Waals surface area contributed by atoms with Crippen LogP contribution in [0.2, 0.25) is 0 Å². The number of benzene rings is 1. The molecule has 0 radical (unpaired) electrons. The Morgan fingerprint density at radius 3 is 2.83 bits per heavy atom. The molecule has 0 saturated carbocycles. The summed E-state index contributed by atoms with van der Waals surface area (Å²) < 4.78 is 0. The summed E-state index contributed by atoms with van der Waals surface area (Å²) in [5.41, 5.74) is 2.27. The molecule has 1 aliphatic carbocycles. The second-order valence-electron chi connectivity index (χ2n) is 2.86. The van der Waals surface area contributed by atoms with Gasteiger partial charge in [-0.2, -0.15) is 0 Å². The van der Waals surface area contributed by atoms with Crippen LogP contribution in [0.4, 0.5) is 0 Å². The molecule has 0 aromatic heterocycles. The molecule has 0 fully saturated rings. The first-order valence-electron chi connectivity index (χ1n) is 3.81. The zero-order chi connectivity index (χ0) is 8.55. The van der Waals surface area contributed by atoms with Gasteiger partial charge in [0.15, 0.2) is 0 Å². The quantitative estimate of drug-likeness (QED) is 0.438. The van der Waals surface area contributed by atoms with E-state index in [0.29, 0.717) is 12.1 Å². The lowest BCUT2D eigenvalue weighted by Gasteiger charge is -1.98. The van der Waals surface area contributed by atoms with Crippen molar-refractivity contribution in [1.82, 2.24) is 0 Å². The highest BCUT2D eigenvalue weighted by molar-refractivity contribution is 6.07. The summed E-state index contributed by atoms with van der Waals surface area (Å²) in [6.45, 7) is 0. The van der Waals surface area contributed by atoms with Gasteiger partial charge in [-0.1, -0.05) is 29.4 Å². The Morgan fingerprint density at radius 2 is 2.08 bits per heavy atom. The molecule has 62 valence electrons. The van der Waals surface area contributed by atoms with E-state index in [1.807, 2.05) is 24.3 Å². The minimum atomic E-state index is -0.646. The lowest BCUT2D eigenvalue weighted by Crippen LogP contribution is -2.15. The van der Waals surface area contributed by atoms with Crippen molar-refractivity contribution in [2.24, 2.45) is 5.16 Å². The van der Waals surface area contributed by atoms with Gasteiger partial charge in [0.2, 0.25) is 0 Å². The van der Waals surface area contributed by atoms with E-state index in [9.17, 15) is 5.11 Å². The van der Waals surface area contributed by atoms with Crippen LogP contribution in [0.5, 0.6) is 0 Å². The van der Waals surface area contributed by atoms with Crippen LogP contribution >= 0.6 is 0 Å². The Hall–Kier alpha value is -1.35. The van der Waals surface area contributed by atoms with Crippen LogP contribution in [0.25, 0.3) is 0 Å². The number of nitrogens with zero attached hydrogens (tertiary/aromatic N) is 1. The molecule has 1 aromatic rings. The topological polar surface area (TPSA) is 52.8 Å². The summed E-state index contributed by atoms with van der Waals surface area (Å²) in [5.74, 6) is 0. The second kappa shape index (κ2) is 2.60. The summed E-state index contributed by atoms with van der Waals surface area (Å²) in [4.78, 5) is 0. The number of oxime groups is 1. The largest absolute Gasteiger partial charge is 0.411 e. The van der Waals surface area contributed by atoms with Crippen molar-refractivity contribution in [3.63, 3.8) is 0 Å². The van der Waals surface area contributed by atoms with Crippen LogP contribution in [0.1, 0.15) is 11.1 Å². The van der Waals surface area contributed by atoms with Gasteiger partial charge in [-0.05, 0) is 5.56 Å². The third-order valence-electron chi connectivity index (χ3n) is 2.13. The van der Waals surface area contributed by atoms with Gasteiger partial charge in [-0.25, -0.2) is 0 Å². The molecule has 1 aromatic carbocycles. The van der Waals surface area contributed by atoms with Crippen molar-refractivity contribution < 1.29 is 10.3 Å². The molecular weight excluding hydrogens is 154 g/mol. The maximum Gasteiger partial charge on any atom is 0.116 e. The summed E-state index contributed by atoms with van der Waals surface area (Å²) in [6.07, 6.45) is -0.0948. The predicted molar refractivity (Wildman–Crippen MR) is 44.5 cm³/mol. The summed E-state index contributed by atoms with van der Waals surface area (Å²) in [7, 11) is 0. The maximum atomic E-state index is 9.42. The van der Waals surface area contributed by atoms with Gasteiger partial charge in [0.1, 0.15) is 11.8 Å². The molecule has 0 unspecified atom stereocenters. The number of hydrogen-bond donors (Lipinski definition) is 2. The molecule has 12 heavy (non-hydrogen) atoms. The SMILES string of the molecule is ON=C1c2ccccc2C[C@H]1O. The molecule has 3 heteroatoms. The fourth-order valence-corrected chi connectivity index (χ4v) is 1.55. The average molecular weight is 163 g/mol. The second-order valence-corrected chi connectivity index (χ2v) is 2.86. The van der Waals surface area contributed by atoms with Gasteiger partial charge in [-0.3, -0.25) is 0 Å². The number of aliphatic hydroxyl groups is 1. The Balaban J connectivity index is 2.55. The average Bonchev–Trinajstić information content (AvgIpc) is 2.40. The molecule has 1 aliphatic rings. The molecular formula is C9H9NO2. The number of fused-ring (bicyclic) bond motifs is 1. The third kappa shape index (κ3) is 0.905. The number of aliphatic hydroxyl groups excluding tert-OH is 1. The Morgan fingerprint density at radius 1 is 1.33 bits per heavy atom. The first-order chi connectivity index (χ1) is 5.83. The van der Waals surface area contributed by atoms with E-state index in [1.54, 1.807) is 0 Å². The van der Waals surface area contributed by atoms with Gasteiger partial charge in [0, 0.05) is 12.0 Å². The van der Waals surface area contributed by atoms with Crippen molar-refractivity contribution >= 4 is 5.71 Å². The van der Waals surface area contributed by atoms with Gasteiger partial charge in [0.05, 0.1) is 0 Å². The van der Waals surface area contributed by atoms with E-state index in [4.69, 9.17) is 5.21 Å². The highest BCUT2D eigenvalue weighted by Gasteiger charge is 2.26. The van der Waals surface area contributed by atoms with Crippen molar-refractivity contribution in [3.8, 4) is 0 Å². The monoisotopic (exact) mass is 163 g/mol. The lowest BCUT2D eigenvalue weighted by molar-refractivity contribution is 0.237. The lowest BCUT2D eigenvalue weighted by atomic mass is 10.1. The van der Waals surface area contributed by atoms with Gasteiger partial charge >= 0.3 is 0 Å². The molecule has 0 aliphatic heterocycles. The highest BCUT2D eigenvalue weighted by Crippen LogP contribution is 2.22. The van der Waals surface area contributed by atoms with E-state index in [1.165, 1.54) is 0 Å². The van der Waals surface area contributed by atoms with Crippen molar-refractivity contribution in [2.75, 3.05) is 0 Å². The van der Waals surface area contributed by atoms with E-state index >= 15 is 0 Å². The molecule has 1 atom stereocenters. The van der Waals surface area contributed by atoms with E-state index in [0.717, 1.165) is 11.1 Å². The molecule has 0 amide bonds. The zero-order valence-corrected chi connectivity index (χ0v) is 6.44. The first-order valence-corrected chi connectivity index (χ1v) is 3.81. The van der Waals surface area contributed by atoms with Gasteiger partial charge in [-0.15, -0.1) is 0 Å². The van der Waals surface area contributed by atoms with Crippen LogP contribution in [-0.4, -0.2) is 22.1 Å². The number of rotatable bonds is 0. The van der Waals surface area contributed by atoms with E-state index in [2.05, 4.69) is 5.16 Å². The maximum absolute atomic E-state index is 9.42. The predicted octanol–water partition coefficient (Wildman–Crippen LogP) is 0.782. The smallest absolute Gasteiger partial charge is 0.116 e. The van der Waals surface area contributed by atoms with E-state index < -0.39 is 6.10 Å². The Kier molecular flexibility index (Phi) is 1.59. The fourth-order valence-electron chi connectivity index (χ4n) is 1.55. The standard InChI is InChI=1S/C9H9NO2/c11-8-5-6-3-1-2-4-7(6)9(8)10-12/h1-4,8,11-12H,5H2/t8-/m1/s1. The normalized spacial score (nSPS) is 24.4. The van der Waals surface area contributed by atoms with Crippen molar-refractivity contribution in [1.29, 1.82) is 0 Å². The molecule has 0 heterocycles. The molecule has 0 saturated heterocycles. The van der Waals surface area contributed by atoms with E-state index in [-0.39, 0.29) is 0 Å². The highest BCUT2D eigenvalue weighted by atomic mass is 16.4. The van der Waals surface area contributed by atoms with Crippen molar-refractivity contribution in [3.05, 3.63) is 35.4 Å². The van der Waals surface area contributed by atoms with Crippen LogP contribution in [0.3, 0.4) is 0 Å². The van der Waals surface area contributed by atoms with Crippen LogP contribution < -0.4 is 0 Å². The third-order valence-corrected chi connectivity index (χ3v) is 2.13. The van der Waals surface area contributed by atoms with Crippen LogP contribution in [0, 0.1) is 0 Å².